The molecule has 1 aliphatic heterocycles. The molecule has 3 N–H and O–H groups in total. The highest BCUT2D eigenvalue weighted by Gasteiger charge is 2.34. The molecule has 34 heavy (non-hydrogen) atoms. The number of likely N-dealkylation sites (tertiary alicyclic amines) is 1. The van der Waals surface area contributed by atoms with Crippen LogP contribution in [0.25, 0.3) is 11.0 Å². The van der Waals surface area contributed by atoms with Crippen molar-refractivity contribution < 1.29 is 22.3 Å². The van der Waals surface area contributed by atoms with Crippen molar-refractivity contribution in [1.82, 2.24) is 13.9 Å². The zero-order valence-corrected chi connectivity index (χ0v) is 20.0. The number of benzene rings is 1. The fourth-order valence-corrected chi connectivity index (χ4v) is 5.21. The average molecular weight is 490 g/mol. The predicted octanol–water partition coefficient (Wildman–Crippen LogP) is 3.61. The lowest BCUT2D eigenvalue weighted by Crippen LogP contribution is -2.51. The Labute approximate surface area is 197 Å². The molecule has 182 valence electrons. The Morgan fingerprint density at radius 2 is 1.94 bits per heavy atom. The minimum absolute atomic E-state index is 0.121. The van der Waals surface area contributed by atoms with Gasteiger partial charge in [0, 0.05) is 18.1 Å². The van der Waals surface area contributed by atoms with Crippen LogP contribution in [0.4, 0.5) is 20.6 Å². The van der Waals surface area contributed by atoms with Crippen LogP contribution in [0.2, 0.25) is 0 Å². The van der Waals surface area contributed by atoms with Crippen LogP contribution in [-0.4, -0.2) is 59.3 Å². The molecule has 0 unspecified atom stereocenters. The van der Waals surface area contributed by atoms with Gasteiger partial charge in [-0.15, -0.1) is 0 Å². The number of nitrogen functional groups attached to an aromatic ring is 1. The van der Waals surface area contributed by atoms with Crippen molar-refractivity contribution in [2.75, 3.05) is 24.1 Å². The van der Waals surface area contributed by atoms with Gasteiger partial charge in [-0.05, 0) is 45.4 Å². The van der Waals surface area contributed by atoms with E-state index in [4.69, 9.17) is 10.5 Å². The lowest BCUT2D eigenvalue weighted by molar-refractivity contribution is 0.0125. The van der Waals surface area contributed by atoms with Gasteiger partial charge in [0.25, 0.3) is 10.0 Å². The van der Waals surface area contributed by atoms with E-state index in [0.29, 0.717) is 24.0 Å². The molecule has 1 saturated heterocycles. The van der Waals surface area contributed by atoms with Crippen LogP contribution in [-0.2, 0) is 14.8 Å². The molecule has 1 aromatic carbocycles. The van der Waals surface area contributed by atoms with E-state index >= 15 is 4.39 Å². The SMILES string of the molecule is CC(C)(C)OC(=O)N1CC[C@H](Nc2c(N)cnc3c2ccn3S(=O)(=O)c2ccccc2)[C@@H](F)C1. The van der Waals surface area contributed by atoms with Crippen LogP contribution in [0, 0.1) is 0 Å². The fraction of sp³-hybridized carbons (Fsp3) is 0.391. The Hall–Kier alpha value is -3.34. The molecule has 0 saturated carbocycles. The lowest BCUT2D eigenvalue weighted by Gasteiger charge is -2.36. The maximum atomic E-state index is 15.1. The van der Waals surface area contributed by atoms with E-state index in [9.17, 15) is 13.2 Å². The minimum atomic E-state index is -3.87. The van der Waals surface area contributed by atoms with Gasteiger partial charge in [0.05, 0.1) is 35.1 Å². The summed E-state index contributed by atoms with van der Waals surface area (Å²) >= 11 is 0. The number of rotatable bonds is 4. The second kappa shape index (κ2) is 8.79. The van der Waals surface area contributed by atoms with Crippen LogP contribution in [0.15, 0.2) is 53.7 Å². The number of aromatic nitrogens is 2. The normalized spacial score (nSPS) is 19.2. The standard InChI is InChI=1S/C23H28FN5O4S/c1-23(2,3)33-22(30)28-11-10-19(17(24)14-28)27-20-16-9-12-29(21(16)26-13-18(20)25)34(31,32)15-7-5-4-6-8-15/h4-9,12-13,17,19H,10-11,14,25H2,1-3H3,(H,26,27)/t17-,19-/m0/s1. The molecule has 1 fully saturated rings. The monoisotopic (exact) mass is 489 g/mol. The van der Waals surface area contributed by atoms with Crippen molar-refractivity contribution in [3.8, 4) is 0 Å². The summed E-state index contributed by atoms with van der Waals surface area (Å²) < 4.78 is 47.7. The first kappa shape index (κ1) is 23.8. The number of alkyl halides is 1. The van der Waals surface area contributed by atoms with E-state index in [-0.39, 0.29) is 22.8 Å². The predicted molar refractivity (Wildman–Crippen MR) is 128 cm³/mol. The van der Waals surface area contributed by atoms with Gasteiger partial charge in [-0.25, -0.2) is 26.6 Å². The molecular formula is C23H28FN5O4S. The molecule has 3 aromatic rings. The molecule has 2 aromatic heterocycles. The van der Waals surface area contributed by atoms with Gasteiger partial charge >= 0.3 is 6.09 Å². The Bertz CT molecular complexity index is 1300. The highest BCUT2D eigenvalue weighted by atomic mass is 32.2. The van der Waals surface area contributed by atoms with E-state index in [1.807, 2.05) is 0 Å². The Balaban J connectivity index is 1.58. The topological polar surface area (TPSA) is 120 Å². The summed E-state index contributed by atoms with van der Waals surface area (Å²) in [4.78, 5) is 18.0. The number of anilines is 2. The van der Waals surface area contributed by atoms with Gasteiger partial charge in [0.1, 0.15) is 11.8 Å². The summed E-state index contributed by atoms with van der Waals surface area (Å²) in [5.74, 6) is 0. The highest BCUT2D eigenvalue weighted by molar-refractivity contribution is 7.90. The summed E-state index contributed by atoms with van der Waals surface area (Å²) in [6, 6.07) is 8.98. The molecule has 2 atom stereocenters. The minimum Gasteiger partial charge on any atom is -0.444 e. The summed E-state index contributed by atoms with van der Waals surface area (Å²) in [7, 11) is -3.87. The van der Waals surface area contributed by atoms with Crippen LogP contribution < -0.4 is 11.1 Å². The number of fused-ring (bicyclic) bond motifs is 1. The fourth-order valence-electron chi connectivity index (χ4n) is 3.88. The largest absolute Gasteiger partial charge is 0.444 e. The first-order valence-corrected chi connectivity index (χ1v) is 12.4. The van der Waals surface area contributed by atoms with Crippen molar-refractivity contribution >= 4 is 38.5 Å². The molecule has 1 aliphatic rings. The number of nitrogens with two attached hydrogens (primary N) is 1. The number of halogens is 1. The average Bonchev–Trinajstić information content (AvgIpc) is 3.21. The maximum absolute atomic E-state index is 15.1. The van der Waals surface area contributed by atoms with Crippen LogP contribution >= 0.6 is 0 Å². The third-order valence-corrected chi connectivity index (χ3v) is 7.21. The number of hydrogen-bond donors (Lipinski definition) is 2. The zero-order valence-electron chi connectivity index (χ0n) is 19.2. The molecule has 0 spiro atoms. The summed E-state index contributed by atoms with van der Waals surface area (Å²) in [6.07, 6.45) is 1.15. The maximum Gasteiger partial charge on any atom is 0.410 e. The second-order valence-electron chi connectivity index (χ2n) is 9.24. The Kier molecular flexibility index (Phi) is 6.15. The number of ether oxygens (including phenoxy) is 1. The van der Waals surface area contributed by atoms with Gasteiger partial charge in [-0.1, -0.05) is 18.2 Å². The molecule has 11 heteroatoms. The van der Waals surface area contributed by atoms with Gasteiger partial charge in [0.15, 0.2) is 5.65 Å². The van der Waals surface area contributed by atoms with E-state index in [2.05, 4.69) is 10.3 Å². The molecule has 3 heterocycles. The first-order valence-electron chi connectivity index (χ1n) is 10.9. The van der Waals surface area contributed by atoms with E-state index in [1.165, 1.54) is 29.4 Å². The molecule has 4 rings (SSSR count). The van der Waals surface area contributed by atoms with Gasteiger partial charge in [-0.3, -0.25) is 0 Å². The van der Waals surface area contributed by atoms with Crippen molar-refractivity contribution in [3.63, 3.8) is 0 Å². The van der Waals surface area contributed by atoms with Crippen LogP contribution in [0.1, 0.15) is 27.2 Å². The lowest BCUT2D eigenvalue weighted by atomic mass is 10.0. The second-order valence-corrected chi connectivity index (χ2v) is 11.1. The van der Waals surface area contributed by atoms with Crippen molar-refractivity contribution in [3.05, 3.63) is 48.8 Å². The number of carbonyl (C=O) groups excluding carboxylic acids is 1. The third-order valence-electron chi connectivity index (χ3n) is 5.53. The van der Waals surface area contributed by atoms with Crippen molar-refractivity contribution in [2.45, 2.75) is 49.9 Å². The third kappa shape index (κ3) is 4.65. The molecular weight excluding hydrogens is 461 g/mol. The molecule has 0 bridgehead atoms. The van der Waals surface area contributed by atoms with E-state index in [0.717, 1.165) is 3.97 Å². The summed E-state index contributed by atoms with van der Waals surface area (Å²) in [6.45, 7) is 5.46. The first-order chi connectivity index (χ1) is 16.0. The van der Waals surface area contributed by atoms with Crippen LogP contribution in [0.5, 0.6) is 0 Å². The number of hydrogen-bond acceptors (Lipinski definition) is 7. The molecule has 0 radical (unpaired) electrons. The highest BCUT2D eigenvalue weighted by Crippen LogP contribution is 2.33. The number of pyridine rings is 1. The Morgan fingerprint density at radius 1 is 1.24 bits per heavy atom. The molecule has 1 amide bonds. The summed E-state index contributed by atoms with van der Waals surface area (Å²) in [5, 5.41) is 3.59. The van der Waals surface area contributed by atoms with Gasteiger partial charge in [0.2, 0.25) is 0 Å². The smallest absolute Gasteiger partial charge is 0.410 e. The number of nitrogens with zero attached hydrogens (tertiary/aromatic N) is 3. The Morgan fingerprint density at radius 3 is 2.59 bits per heavy atom. The quantitative estimate of drug-likeness (QED) is 0.574. The van der Waals surface area contributed by atoms with Gasteiger partial charge < -0.3 is 20.7 Å². The number of piperidine rings is 1. The zero-order chi connectivity index (χ0) is 24.7. The van der Waals surface area contributed by atoms with Gasteiger partial charge in [-0.2, -0.15) is 0 Å². The molecule has 0 aliphatic carbocycles. The number of amides is 1. The number of carbonyl (C=O) groups is 1. The van der Waals surface area contributed by atoms with Crippen molar-refractivity contribution in [1.29, 1.82) is 0 Å². The summed E-state index contributed by atoms with van der Waals surface area (Å²) in [5.41, 5.74) is 6.33. The molecule has 9 nitrogen and oxygen atoms in total. The van der Waals surface area contributed by atoms with E-state index in [1.54, 1.807) is 45.0 Å². The number of nitrogens with one attached hydrogen (secondary N) is 1. The van der Waals surface area contributed by atoms with Crippen LogP contribution in [0.3, 0.4) is 0 Å². The van der Waals surface area contributed by atoms with E-state index < -0.39 is 33.9 Å². The van der Waals surface area contributed by atoms with Crippen molar-refractivity contribution in [2.24, 2.45) is 0 Å².